The molecule has 0 unspecified atom stereocenters. The molecule has 0 aliphatic carbocycles. The third-order valence-corrected chi connectivity index (χ3v) is 3.84. The first-order valence-corrected chi connectivity index (χ1v) is 7.14. The van der Waals surface area contributed by atoms with Crippen LogP contribution in [0.4, 0.5) is 0 Å². The summed E-state index contributed by atoms with van der Waals surface area (Å²) in [6.07, 6.45) is 1.63. The third-order valence-electron chi connectivity index (χ3n) is 3.14. The van der Waals surface area contributed by atoms with E-state index >= 15 is 0 Å². The van der Waals surface area contributed by atoms with Crippen molar-refractivity contribution in [1.29, 1.82) is 0 Å². The van der Waals surface area contributed by atoms with Crippen molar-refractivity contribution in [2.75, 3.05) is 32.8 Å². The minimum absolute atomic E-state index is 0.202. The molecular weight excluding hydrogens is 294 g/mol. The van der Waals surface area contributed by atoms with Crippen molar-refractivity contribution in [1.82, 2.24) is 4.90 Å². The fourth-order valence-electron chi connectivity index (χ4n) is 2.10. The monoisotopic (exact) mass is 311 g/mol. The summed E-state index contributed by atoms with van der Waals surface area (Å²) in [6.45, 7) is 4.41. The molecular formula is C14H18BrNO2. The van der Waals surface area contributed by atoms with E-state index in [9.17, 15) is 4.79 Å². The fourth-order valence-corrected chi connectivity index (χ4v) is 2.61. The zero-order chi connectivity index (χ0) is 12.8. The molecule has 0 saturated carbocycles. The largest absolute Gasteiger partial charge is 0.380 e. The van der Waals surface area contributed by atoms with E-state index in [0.717, 1.165) is 49.3 Å². The van der Waals surface area contributed by atoms with Crippen LogP contribution >= 0.6 is 15.9 Å². The Hall–Kier alpha value is -0.710. The number of ketones is 1. The van der Waals surface area contributed by atoms with Crippen LogP contribution in [-0.4, -0.2) is 43.5 Å². The van der Waals surface area contributed by atoms with E-state index in [1.165, 1.54) is 0 Å². The number of hydrogen-bond donors (Lipinski definition) is 0. The topological polar surface area (TPSA) is 29.5 Å². The van der Waals surface area contributed by atoms with Gasteiger partial charge >= 0.3 is 0 Å². The van der Waals surface area contributed by atoms with Gasteiger partial charge in [0.25, 0.3) is 0 Å². The van der Waals surface area contributed by atoms with E-state index in [1.54, 1.807) is 0 Å². The highest BCUT2D eigenvalue weighted by atomic mass is 79.9. The van der Waals surface area contributed by atoms with Crippen molar-refractivity contribution in [3.63, 3.8) is 0 Å². The lowest BCUT2D eigenvalue weighted by atomic mass is 10.1. The van der Waals surface area contributed by atoms with Crippen LogP contribution in [0.1, 0.15) is 23.2 Å². The summed E-state index contributed by atoms with van der Waals surface area (Å²) in [6, 6.07) is 7.61. The zero-order valence-electron chi connectivity index (χ0n) is 10.4. The molecule has 0 N–H and O–H groups in total. The van der Waals surface area contributed by atoms with Gasteiger partial charge in [-0.3, -0.25) is 4.79 Å². The van der Waals surface area contributed by atoms with Crippen LogP contribution in [0.5, 0.6) is 0 Å². The van der Waals surface area contributed by atoms with Crippen molar-refractivity contribution in [3.8, 4) is 0 Å². The standard InChI is InChI=1S/C14H18BrNO2/c15-13-5-2-1-4-12(13)14(17)6-8-16-7-3-10-18-11-9-16/h1-2,4-5H,3,6-11H2. The van der Waals surface area contributed by atoms with Crippen molar-refractivity contribution in [3.05, 3.63) is 34.3 Å². The number of carbonyl (C=O) groups excluding carboxylic acids is 1. The number of nitrogens with zero attached hydrogens (tertiary/aromatic N) is 1. The highest BCUT2D eigenvalue weighted by Gasteiger charge is 2.13. The van der Waals surface area contributed by atoms with Gasteiger partial charge in [-0.25, -0.2) is 0 Å². The van der Waals surface area contributed by atoms with Crippen LogP contribution in [0.3, 0.4) is 0 Å². The third kappa shape index (κ3) is 3.90. The normalized spacial score (nSPS) is 17.4. The smallest absolute Gasteiger partial charge is 0.165 e. The van der Waals surface area contributed by atoms with Gasteiger partial charge in [-0.2, -0.15) is 0 Å². The van der Waals surface area contributed by atoms with Crippen molar-refractivity contribution < 1.29 is 9.53 Å². The number of rotatable bonds is 4. The summed E-state index contributed by atoms with van der Waals surface area (Å²) < 4.78 is 6.28. The lowest BCUT2D eigenvalue weighted by Gasteiger charge is -2.18. The number of ether oxygens (including phenoxy) is 1. The zero-order valence-corrected chi connectivity index (χ0v) is 12.0. The second kappa shape index (κ2) is 7.02. The highest BCUT2D eigenvalue weighted by Crippen LogP contribution is 2.17. The average molecular weight is 312 g/mol. The minimum Gasteiger partial charge on any atom is -0.380 e. The van der Waals surface area contributed by atoms with E-state index < -0.39 is 0 Å². The molecule has 4 heteroatoms. The Morgan fingerprint density at radius 3 is 2.94 bits per heavy atom. The SMILES string of the molecule is O=C(CCN1CCCOCC1)c1ccccc1Br. The Morgan fingerprint density at radius 1 is 1.28 bits per heavy atom. The lowest BCUT2D eigenvalue weighted by Crippen LogP contribution is -2.28. The molecule has 1 saturated heterocycles. The number of hydrogen-bond acceptors (Lipinski definition) is 3. The molecule has 0 bridgehead atoms. The molecule has 1 aliphatic rings. The summed E-state index contributed by atoms with van der Waals surface area (Å²) >= 11 is 3.42. The molecule has 0 spiro atoms. The van der Waals surface area contributed by atoms with E-state index in [0.29, 0.717) is 6.42 Å². The van der Waals surface area contributed by atoms with E-state index in [-0.39, 0.29) is 5.78 Å². The molecule has 1 heterocycles. The van der Waals surface area contributed by atoms with Crippen molar-refractivity contribution >= 4 is 21.7 Å². The van der Waals surface area contributed by atoms with Gasteiger partial charge in [0.05, 0.1) is 6.61 Å². The Morgan fingerprint density at radius 2 is 2.11 bits per heavy atom. The molecule has 0 radical (unpaired) electrons. The van der Waals surface area contributed by atoms with Gasteiger partial charge < -0.3 is 9.64 Å². The van der Waals surface area contributed by atoms with E-state index in [1.807, 2.05) is 24.3 Å². The van der Waals surface area contributed by atoms with Gasteiger partial charge in [0.2, 0.25) is 0 Å². The summed E-state index contributed by atoms with van der Waals surface area (Å²) in [5.41, 5.74) is 0.781. The molecule has 1 aromatic carbocycles. The summed E-state index contributed by atoms with van der Waals surface area (Å²) in [7, 11) is 0. The van der Waals surface area contributed by atoms with Crippen LogP contribution in [-0.2, 0) is 4.74 Å². The van der Waals surface area contributed by atoms with E-state index in [4.69, 9.17) is 4.74 Å². The second-order valence-corrected chi connectivity index (χ2v) is 5.31. The summed E-state index contributed by atoms with van der Waals surface area (Å²) in [4.78, 5) is 14.4. The molecule has 0 amide bonds. The molecule has 2 rings (SSSR count). The maximum absolute atomic E-state index is 12.1. The quantitative estimate of drug-likeness (QED) is 0.801. The van der Waals surface area contributed by atoms with Crippen LogP contribution < -0.4 is 0 Å². The average Bonchev–Trinajstić information content (AvgIpc) is 2.65. The molecule has 98 valence electrons. The predicted molar refractivity (Wildman–Crippen MR) is 75.0 cm³/mol. The Kier molecular flexibility index (Phi) is 5.35. The Bertz CT molecular complexity index is 401. The van der Waals surface area contributed by atoms with Crippen LogP contribution in [0.25, 0.3) is 0 Å². The predicted octanol–water partition coefficient (Wildman–Crippen LogP) is 2.74. The fraction of sp³-hybridized carbons (Fsp3) is 0.500. The van der Waals surface area contributed by atoms with Gasteiger partial charge in [0.15, 0.2) is 5.78 Å². The summed E-state index contributed by atoms with van der Waals surface area (Å²) in [5, 5.41) is 0. The molecule has 18 heavy (non-hydrogen) atoms. The minimum atomic E-state index is 0.202. The van der Waals surface area contributed by atoms with Gasteiger partial charge in [0.1, 0.15) is 0 Å². The molecule has 3 nitrogen and oxygen atoms in total. The molecule has 1 aromatic rings. The van der Waals surface area contributed by atoms with E-state index in [2.05, 4.69) is 20.8 Å². The first-order valence-electron chi connectivity index (χ1n) is 6.35. The molecule has 0 atom stereocenters. The first kappa shape index (κ1) is 13.7. The second-order valence-electron chi connectivity index (χ2n) is 4.46. The number of Topliss-reactive ketones (excluding diaryl/α,β-unsaturated/α-hetero) is 1. The van der Waals surface area contributed by atoms with Crippen LogP contribution in [0.15, 0.2) is 28.7 Å². The Balaban J connectivity index is 1.86. The highest BCUT2D eigenvalue weighted by molar-refractivity contribution is 9.10. The molecule has 1 fully saturated rings. The maximum atomic E-state index is 12.1. The van der Waals surface area contributed by atoms with Gasteiger partial charge in [-0.05, 0) is 12.5 Å². The van der Waals surface area contributed by atoms with Crippen molar-refractivity contribution in [2.45, 2.75) is 12.8 Å². The van der Waals surface area contributed by atoms with Crippen LogP contribution in [0.2, 0.25) is 0 Å². The number of halogens is 1. The summed E-state index contributed by atoms with van der Waals surface area (Å²) in [5.74, 6) is 0.202. The van der Waals surface area contributed by atoms with Gasteiger partial charge in [-0.15, -0.1) is 0 Å². The van der Waals surface area contributed by atoms with Crippen molar-refractivity contribution in [2.24, 2.45) is 0 Å². The molecule has 0 aromatic heterocycles. The number of benzene rings is 1. The van der Waals surface area contributed by atoms with Gasteiger partial charge in [-0.1, -0.05) is 34.1 Å². The Labute approximate surface area is 116 Å². The first-order chi connectivity index (χ1) is 8.77. The van der Waals surface area contributed by atoms with Crippen LogP contribution in [0, 0.1) is 0 Å². The van der Waals surface area contributed by atoms with Gasteiger partial charge in [0, 0.05) is 42.7 Å². The maximum Gasteiger partial charge on any atom is 0.165 e. The lowest BCUT2D eigenvalue weighted by molar-refractivity contribution is 0.0959. The molecule has 1 aliphatic heterocycles. The number of carbonyl (C=O) groups is 1.